The van der Waals surface area contributed by atoms with Crippen molar-refractivity contribution >= 4 is 31.8 Å². The number of aromatic carboxylic acids is 1. The molecule has 13 nitrogen and oxygen atoms in total. The number of ketones is 1. The van der Waals surface area contributed by atoms with Crippen LogP contribution < -0.4 is 44.9 Å². The van der Waals surface area contributed by atoms with E-state index < -0.39 is 31.0 Å². The van der Waals surface area contributed by atoms with Crippen LogP contribution in [0.1, 0.15) is 27.9 Å². The topological polar surface area (TPSA) is 213 Å². The molecule has 0 spiro atoms. The maximum atomic E-state index is 10.9. The van der Waals surface area contributed by atoms with Crippen LogP contribution in [0, 0.1) is 0 Å². The van der Waals surface area contributed by atoms with Gasteiger partial charge in [0.05, 0.1) is 11.7 Å². The average Bonchev–Trinajstić information content (AvgIpc) is 3.01. The van der Waals surface area contributed by atoms with E-state index in [1.54, 1.807) is 0 Å². The Bertz CT molecular complexity index is 985. The van der Waals surface area contributed by atoms with Gasteiger partial charge in [0.2, 0.25) is 0 Å². The third-order valence-corrected chi connectivity index (χ3v) is 4.43. The molecule has 0 saturated heterocycles. The van der Waals surface area contributed by atoms with Crippen molar-refractivity contribution in [3.05, 3.63) is 23.5 Å². The fraction of sp³-hybridized carbons (Fsp3) is 0.273. The molecule has 0 atom stereocenters. The Morgan fingerprint density at radius 3 is 1.44 bits per heavy atom. The molecule has 2 aromatic heterocycles. The summed E-state index contributed by atoms with van der Waals surface area (Å²) in [7, 11) is -5.03. The quantitative estimate of drug-likeness (QED) is 0.348. The summed E-state index contributed by atoms with van der Waals surface area (Å²) in [6.45, 7) is 1.32. The summed E-state index contributed by atoms with van der Waals surface area (Å²) in [5, 5.41) is 26.1. The molecule has 0 radical (unpaired) electrons. The van der Waals surface area contributed by atoms with Crippen LogP contribution in [0.3, 0.4) is 0 Å². The molecule has 0 unspecified atom stereocenters. The Balaban J connectivity index is 0.000000483. The third-order valence-electron chi connectivity index (χ3n) is 2.87. The minimum absolute atomic E-state index is 0. The second-order valence-electron chi connectivity index (χ2n) is 4.92. The van der Waals surface area contributed by atoms with Crippen LogP contribution in [0.15, 0.2) is 22.2 Å². The summed E-state index contributed by atoms with van der Waals surface area (Å²) in [5.74, 6) is -1.77. The Kier molecular flexibility index (Phi) is 8.50. The van der Waals surface area contributed by atoms with E-state index in [1.807, 2.05) is 0 Å². The molecule has 0 aliphatic carbocycles. The molecule has 0 saturated carbocycles. The van der Waals surface area contributed by atoms with Crippen molar-refractivity contribution in [1.29, 1.82) is 0 Å². The summed E-state index contributed by atoms with van der Waals surface area (Å²) in [6, 6.07) is 1.99. The van der Waals surface area contributed by atoms with E-state index in [1.165, 1.54) is 25.7 Å². The zero-order valence-corrected chi connectivity index (χ0v) is 18.4. The zero-order valence-electron chi connectivity index (χ0n) is 14.8. The number of carbonyl (C=O) groups excluding carboxylic acids is 2. The van der Waals surface area contributed by atoms with E-state index in [4.69, 9.17) is 10.3 Å². The predicted octanol–water partition coefficient (Wildman–Crippen LogP) is -6.29. The number of carbonyl (C=O) groups is 2. The van der Waals surface area contributed by atoms with E-state index in [9.17, 15) is 31.5 Å². The van der Waals surface area contributed by atoms with Crippen molar-refractivity contribution < 1.29 is 61.1 Å². The fourth-order valence-electron chi connectivity index (χ4n) is 1.68. The molecule has 2 rings (SSSR count). The van der Waals surface area contributed by atoms with Gasteiger partial charge in [0.15, 0.2) is 15.8 Å². The summed E-state index contributed by atoms with van der Waals surface area (Å²) in [4.78, 5) is 21.3. The molecule has 0 amide bonds. The molecular weight excluding hydrogens is 415 g/mol. The molecule has 2 aromatic rings. The number of sulfonamides is 2. The molecular formula is C11H15N6NaO7S2. The van der Waals surface area contributed by atoms with Crippen LogP contribution in [0.4, 0.5) is 0 Å². The van der Waals surface area contributed by atoms with Crippen molar-refractivity contribution in [2.24, 2.45) is 24.4 Å². The predicted molar refractivity (Wildman–Crippen MR) is 83.5 cm³/mol. The van der Waals surface area contributed by atoms with Gasteiger partial charge in [0.1, 0.15) is 5.69 Å². The maximum Gasteiger partial charge on any atom is 1.00 e. The minimum atomic E-state index is -3.96. The number of hydrogen-bond donors (Lipinski definition) is 2. The van der Waals surface area contributed by atoms with Gasteiger partial charge in [-0.2, -0.15) is 10.2 Å². The normalized spacial score (nSPS) is 11.1. The smallest absolute Gasteiger partial charge is 0.543 e. The first kappa shape index (κ1) is 25.4. The van der Waals surface area contributed by atoms with Crippen molar-refractivity contribution in [3.63, 3.8) is 0 Å². The summed E-state index contributed by atoms with van der Waals surface area (Å²) in [5.41, 5.74) is -0.131. The van der Waals surface area contributed by atoms with Gasteiger partial charge >= 0.3 is 29.6 Å². The summed E-state index contributed by atoms with van der Waals surface area (Å²) < 4.78 is 45.1. The van der Waals surface area contributed by atoms with Gasteiger partial charge in [-0.25, -0.2) is 27.1 Å². The van der Waals surface area contributed by atoms with E-state index >= 15 is 0 Å². The van der Waals surface area contributed by atoms with E-state index in [0.29, 0.717) is 0 Å². The Morgan fingerprint density at radius 2 is 1.26 bits per heavy atom. The molecule has 4 N–H and O–H groups in total. The van der Waals surface area contributed by atoms with Gasteiger partial charge in [-0.1, -0.05) is 0 Å². The van der Waals surface area contributed by atoms with Crippen LogP contribution >= 0.6 is 0 Å². The number of carboxylic acids is 1. The number of nitrogens with two attached hydrogens (primary N) is 2. The van der Waals surface area contributed by atoms with E-state index in [2.05, 4.69) is 10.2 Å². The van der Waals surface area contributed by atoms with E-state index in [0.717, 1.165) is 16.8 Å². The van der Waals surface area contributed by atoms with Crippen molar-refractivity contribution in [3.8, 4) is 0 Å². The summed E-state index contributed by atoms with van der Waals surface area (Å²) in [6.07, 6.45) is 0. The first-order chi connectivity index (χ1) is 11.6. The Morgan fingerprint density at radius 1 is 0.926 bits per heavy atom. The van der Waals surface area contributed by atoms with Gasteiger partial charge in [-0.3, -0.25) is 14.2 Å². The second kappa shape index (κ2) is 9.05. The molecule has 0 bridgehead atoms. The second-order valence-corrected chi connectivity index (χ2v) is 7.93. The number of primary sulfonamides is 2. The van der Waals surface area contributed by atoms with Gasteiger partial charge in [-0.15, -0.1) is 0 Å². The molecule has 144 valence electrons. The number of hydrogen-bond acceptors (Lipinski definition) is 9. The van der Waals surface area contributed by atoms with Crippen LogP contribution in [0.2, 0.25) is 0 Å². The average molecular weight is 430 g/mol. The van der Waals surface area contributed by atoms with Crippen molar-refractivity contribution in [2.45, 2.75) is 17.0 Å². The van der Waals surface area contributed by atoms with Gasteiger partial charge in [0.25, 0.3) is 20.0 Å². The van der Waals surface area contributed by atoms with Crippen molar-refractivity contribution in [1.82, 2.24) is 19.6 Å². The number of Topliss-reactive ketones (excluding diaryl/α,β-unsaturated/α-hetero) is 1. The number of nitrogens with zero attached hydrogens (tertiary/aromatic N) is 4. The number of aromatic nitrogens is 4. The Labute approximate surface area is 176 Å². The molecule has 27 heavy (non-hydrogen) atoms. The van der Waals surface area contributed by atoms with Crippen LogP contribution in [0.25, 0.3) is 0 Å². The van der Waals surface area contributed by atoms with E-state index in [-0.39, 0.29) is 51.8 Å². The molecule has 16 heteroatoms. The van der Waals surface area contributed by atoms with Crippen LogP contribution in [0.5, 0.6) is 0 Å². The van der Waals surface area contributed by atoms with Gasteiger partial charge in [0, 0.05) is 33.2 Å². The minimum Gasteiger partial charge on any atom is -0.543 e. The molecule has 0 fully saturated rings. The van der Waals surface area contributed by atoms with Crippen LogP contribution in [-0.2, 0) is 34.1 Å². The third kappa shape index (κ3) is 6.80. The molecule has 2 heterocycles. The largest absolute Gasteiger partial charge is 1.00 e. The number of aryl methyl sites for hydroxylation is 2. The first-order valence-corrected chi connectivity index (χ1v) is 9.59. The fourth-order valence-corrected chi connectivity index (χ4v) is 2.70. The van der Waals surface area contributed by atoms with Crippen molar-refractivity contribution in [2.75, 3.05) is 0 Å². The number of rotatable bonds is 4. The molecule has 0 aromatic carbocycles. The maximum absolute atomic E-state index is 10.9. The zero-order chi connectivity index (χ0) is 20.4. The standard InChI is InChI=1S/C6H9N3O3S.C5H7N3O4S.Na/c1-4(10)5-3-6(8-9(5)2)13(7,11)12;1-8-3(5(9)10)2-4(7-8)13(6,11)12;/h3H,1-2H3,(H2,7,11,12);2H,1H3,(H,9,10)(H2,6,11,12);/q;;+1/p-1. The van der Waals surface area contributed by atoms with Crippen LogP contribution in [-0.4, -0.2) is 48.1 Å². The Hall–Kier alpha value is -1.62. The van der Waals surface area contributed by atoms with Gasteiger partial charge in [-0.05, 0) is 0 Å². The molecule has 0 aliphatic heterocycles. The van der Waals surface area contributed by atoms with Gasteiger partial charge < -0.3 is 9.90 Å². The SMILES string of the molecule is CC(=O)c1cc(S(N)(=O)=O)nn1C.Cn1nc(S(N)(=O)=O)cc1C(=O)[O-].[Na+]. The monoisotopic (exact) mass is 430 g/mol. The first-order valence-electron chi connectivity index (χ1n) is 6.50. The number of carboxylic acid groups (broad SMARTS) is 1. The summed E-state index contributed by atoms with van der Waals surface area (Å²) >= 11 is 0. The molecule has 0 aliphatic rings.